The molecule has 3 aromatic rings. The van der Waals surface area contributed by atoms with Crippen LogP contribution in [0.5, 0.6) is 0 Å². The molecule has 0 radical (unpaired) electrons. The lowest BCUT2D eigenvalue weighted by Crippen LogP contribution is -2.16. The molecule has 0 spiro atoms. The maximum atomic E-state index is 13.2. The Labute approximate surface area is 156 Å². The van der Waals surface area contributed by atoms with Crippen LogP contribution < -0.4 is 4.72 Å². The van der Waals surface area contributed by atoms with Gasteiger partial charge in [0.2, 0.25) is 0 Å². The number of hydrogen-bond donors (Lipinski definition) is 1. The fourth-order valence-corrected chi connectivity index (χ4v) is 3.90. The van der Waals surface area contributed by atoms with Crippen LogP contribution in [0.4, 0.5) is 23.2 Å². The maximum Gasteiger partial charge on any atom is 0.416 e. The molecule has 142 valence electrons. The smallest absolute Gasteiger partial charge is 0.277 e. The maximum absolute atomic E-state index is 13.2. The van der Waals surface area contributed by atoms with E-state index in [-0.39, 0.29) is 11.4 Å². The second kappa shape index (κ2) is 6.86. The van der Waals surface area contributed by atoms with E-state index in [0.29, 0.717) is 6.07 Å². The molecule has 0 aliphatic heterocycles. The van der Waals surface area contributed by atoms with Crippen molar-refractivity contribution in [1.29, 1.82) is 0 Å². The number of nitrogens with zero attached hydrogens (tertiary/aromatic N) is 2. The van der Waals surface area contributed by atoms with Crippen molar-refractivity contribution in [2.24, 2.45) is 0 Å². The van der Waals surface area contributed by atoms with Crippen molar-refractivity contribution < 1.29 is 26.0 Å². The molecule has 0 bridgehead atoms. The summed E-state index contributed by atoms with van der Waals surface area (Å²) in [7, 11) is -4.39. The number of rotatable bonds is 4. The van der Waals surface area contributed by atoms with Crippen molar-refractivity contribution in [1.82, 2.24) is 9.78 Å². The molecule has 0 aliphatic carbocycles. The summed E-state index contributed by atoms with van der Waals surface area (Å²) < 4.78 is 80.7. The topological polar surface area (TPSA) is 64.0 Å². The molecular weight excluding hydrogens is 410 g/mol. The van der Waals surface area contributed by atoms with E-state index in [1.54, 1.807) is 0 Å². The van der Waals surface area contributed by atoms with Crippen LogP contribution in [0.1, 0.15) is 5.56 Å². The van der Waals surface area contributed by atoms with Gasteiger partial charge in [-0.25, -0.2) is 17.5 Å². The zero-order valence-corrected chi connectivity index (χ0v) is 14.8. The molecule has 0 aliphatic rings. The second-order valence-corrected chi connectivity index (χ2v) is 7.42. The first-order valence-electron chi connectivity index (χ1n) is 7.27. The normalized spacial score (nSPS) is 12.2. The van der Waals surface area contributed by atoms with Crippen molar-refractivity contribution in [2.75, 3.05) is 4.72 Å². The van der Waals surface area contributed by atoms with Crippen molar-refractivity contribution >= 4 is 27.3 Å². The van der Waals surface area contributed by atoms with Gasteiger partial charge in [-0.1, -0.05) is 11.6 Å². The second-order valence-electron chi connectivity index (χ2n) is 5.36. The molecule has 11 heteroatoms. The van der Waals surface area contributed by atoms with Crippen molar-refractivity contribution in [3.63, 3.8) is 0 Å². The van der Waals surface area contributed by atoms with Crippen LogP contribution in [-0.4, -0.2) is 18.2 Å². The van der Waals surface area contributed by atoms with Gasteiger partial charge in [0.25, 0.3) is 10.0 Å². The van der Waals surface area contributed by atoms with Crippen LogP contribution >= 0.6 is 11.6 Å². The van der Waals surface area contributed by atoms with Gasteiger partial charge in [-0.2, -0.15) is 18.3 Å². The molecule has 1 aromatic heterocycles. The Kier molecular flexibility index (Phi) is 4.87. The van der Waals surface area contributed by atoms with E-state index in [0.717, 1.165) is 30.3 Å². The lowest BCUT2D eigenvalue weighted by Gasteiger charge is -2.16. The van der Waals surface area contributed by atoms with E-state index in [1.165, 1.54) is 23.1 Å². The van der Waals surface area contributed by atoms with Crippen molar-refractivity contribution in [2.45, 2.75) is 11.1 Å². The van der Waals surface area contributed by atoms with Gasteiger partial charge in [0, 0.05) is 12.4 Å². The van der Waals surface area contributed by atoms with E-state index in [2.05, 4.69) is 9.82 Å². The Morgan fingerprint density at radius 3 is 2.44 bits per heavy atom. The SMILES string of the molecule is O=S(=O)(Nc1cc(C(F)(F)F)ccc1-n1cccn1)c1ccc(F)cc1Cl. The molecule has 0 saturated carbocycles. The van der Waals surface area contributed by atoms with Crippen LogP contribution in [0, 0.1) is 5.82 Å². The lowest BCUT2D eigenvalue weighted by molar-refractivity contribution is -0.137. The van der Waals surface area contributed by atoms with Crippen LogP contribution in [0.2, 0.25) is 5.02 Å². The number of anilines is 1. The Bertz CT molecular complexity index is 1080. The molecular formula is C16H10ClF4N3O2S. The highest BCUT2D eigenvalue weighted by Crippen LogP contribution is 2.34. The number of benzene rings is 2. The molecule has 2 aromatic carbocycles. The van der Waals surface area contributed by atoms with Crippen LogP contribution in [-0.2, 0) is 16.2 Å². The third-order valence-electron chi connectivity index (χ3n) is 3.50. The third kappa shape index (κ3) is 4.06. The summed E-state index contributed by atoms with van der Waals surface area (Å²) in [5, 5.41) is 3.49. The largest absolute Gasteiger partial charge is 0.416 e. The molecule has 0 atom stereocenters. The minimum Gasteiger partial charge on any atom is -0.277 e. The molecule has 1 heterocycles. The average Bonchev–Trinajstić information content (AvgIpc) is 3.07. The summed E-state index contributed by atoms with van der Waals surface area (Å²) in [4.78, 5) is -0.477. The molecule has 3 rings (SSSR count). The number of sulfonamides is 1. The van der Waals surface area contributed by atoms with Gasteiger partial charge in [0.15, 0.2) is 0 Å². The molecule has 1 N–H and O–H groups in total. The summed E-state index contributed by atoms with van der Waals surface area (Å²) in [5.41, 5.74) is -1.36. The Balaban J connectivity index is 2.11. The predicted molar refractivity (Wildman–Crippen MR) is 90.8 cm³/mol. The fourth-order valence-electron chi connectivity index (χ4n) is 2.30. The van der Waals surface area contributed by atoms with Crippen molar-refractivity contribution in [3.8, 4) is 5.69 Å². The Hall–Kier alpha value is -2.59. The molecule has 0 fully saturated rings. The van der Waals surface area contributed by atoms with Gasteiger partial charge >= 0.3 is 6.18 Å². The van der Waals surface area contributed by atoms with Crippen molar-refractivity contribution in [3.05, 3.63) is 71.3 Å². The fraction of sp³-hybridized carbons (Fsp3) is 0.0625. The molecule has 27 heavy (non-hydrogen) atoms. The summed E-state index contributed by atoms with van der Waals surface area (Å²) in [6.45, 7) is 0. The minimum atomic E-state index is -4.68. The van der Waals surface area contributed by atoms with E-state index >= 15 is 0 Å². The van der Waals surface area contributed by atoms with Gasteiger partial charge in [-0.3, -0.25) is 4.72 Å². The van der Waals surface area contributed by atoms with Crippen LogP contribution in [0.3, 0.4) is 0 Å². The van der Waals surface area contributed by atoms with E-state index < -0.39 is 37.5 Å². The number of halogens is 5. The average molecular weight is 420 g/mol. The third-order valence-corrected chi connectivity index (χ3v) is 5.35. The summed E-state index contributed by atoms with van der Waals surface area (Å²) >= 11 is 5.77. The van der Waals surface area contributed by atoms with Gasteiger partial charge in [0.1, 0.15) is 10.7 Å². The highest BCUT2D eigenvalue weighted by molar-refractivity contribution is 7.92. The zero-order chi connectivity index (χ0) is 19.8. The summed E-state index contributed by atoms with van der Waals surface area (Å²) in [6.07, 6.45) is -1.87. The molecule has 0 unspecified atom stereocenters. The molecule has 0 saturated heterocycles. The highest BCUT2D eigenvalue weighted by atomic mass is 35.5. The Morgan fingerprint density at radius 2 is 1.85 bits per heavy atom. The first-order chi connectivity index (χ1) is 12.6. The zero-order valence-electron chi connectivity index (χ0n) is 13.2. The first-order valence-corrected chi connectivity index (χ1v) is 9.13. The summed E-state index contributed by atoms with van der Waals surface area (Å²) in [6, 6.07) is 6.64. The molecule has 5 nitrogen and oxygen atoms in total. The number of alkyl halides is 3. The Morgan fingerprint density at radius 1 is 1.11 bits per heavy atom. The van der Waals surface area contributed by atoms with E-state index in [1.807, 2.05) is 0 Å². The number of aromatic nitrogens is 2. The minimum absolute atomic E-state index is 0.0646. The van der Waals surface area contributed by atoms with Crippen LogP contribution in [0.15, 0.2) is 59.8 Å². The van der Waals surface area contributed by atoms with E-state index in [9.17, 15) is 26.0 Å². The molecule has 0 amide bonds. The number of nitrogens with one attached hydrogen (secondary N) is 1. The van der Waals surface area contributed by atoms with Gasteiger partial charge in [-0.15, -0.1) is 0 Å². The lowest BCUT2D eigenvalue weighted by atomic mass is 10.1. The van der Waals surface area contributed by atoms with Gasteiger partial charge in [-0.05, 0) is 42.5 Å². The quantitative estimate of drug-likeness (QED) is 0.634. The standard InChI is InChI=1S/C16H10ClF4N3O2S/c17-12-9-11(18)3-5-15(12)27(25,26)23-13-8-10(16(19,20)21)2-4-14(13)24-7-1-6-22-24/h1-9,23H. The first kappa shape index (κ1) is 19.2. The monoisotopic (exact) mass is 419 g/mol. The number of hydrogen-bond acceptors (Lipinski definition) is 3. The summed E-state index contributed by atoms with van der Waals surface area (Å²) in [5.74, 6) is -0.754. The van der Waals surface area contributed by atoms with Gasteiger partial charge < -0.3 is 0 Å². The van der Waals surface area contributed by atoms with E-state index in [4.69, 9.17) is 11.6 Å². The van der Waals surface area contributed by atoms with Crippen LogP contribution in [0.25, 0.3) is 5.69 Å². The predicted octanol–water partition coefficient (Wildman–Crippen LogP) is 4.48. The van der Waals surface area contributed by atoms with Gasteiger partial charge in [0.05, 0.1) is 22.0 Å². The highest BCUT2D eigenvalue weighted by Gasteiger charge is 2.32.